The van der Waals surface area contributed by atoms with Gasteiger partial charge in [-0.05, 0) is 117 Å². The second-order valence-electron chi connectivity index (χ2n) is 18.9. The average molecular weight is 905 g/mol. The van der Waals surface area contributed by atoms with Crippen molar-refractivity contribution in [1.29, 1.82) is 0 Å². The molecule has 1 saturated carbocycles. The number of benzene rings is 7. The highest BCUT2D eigenvalue weighted by Crippen LogP contribution is 2.80. The lowest BCUT2D eigenvalue weighted by Crippen LogP contribution is -2.49. The van der Waals surface area contributed by atoms with Gasteiger partial charge in [0, 0.05) is 58.6 Å². The number of ketones is 2. The third-order valence-electron chi connectivity index (χ3n) is 15.6. The van der Waals surface area contributed by atoms with Gasteiger partial charge in [0.15, 0.2) is 11.6 Å². The summed E-state index contributed by atoms with van der Waals surface area (Å²) in [6, 6.07) is 35.0. The van der Waals surface area contributed by atoms with Crippen LogP contribution in [0.15, 0.2) is 145 Å². The average Bonchev–Trinajstić information content (AvgIpc) is 3.92. The van der Waals surface area contributed by atoms with E-state index in [9.17, 15) is 40.9 Å². The maximum absolute atomic E-state index is 16.7. The van der Waals surface area contributed by atoms with E-state index in [0.29, 0.717) is 67.0 Å². The minimum atomic E-state index is -1.64. The van der Waals surface area contributed by atoms with Crippen LogP contribution in [0.3, 0.4) is 0 Å². The van der Waals surface area contributed by atoms with Crippen LogP contribution in [0.4, 0.5) is 0 Å². The van der Waals surface area contributed by atoms with Gasteiger partial charge >= 0.3 is 0 Å². The number of carbonyl (C=O) groups excluding carboxylic acids is 2. The molecule has 7 aromatic rings. The van der Waals surface area contributed by atoms with Crippen LogP contribution in [0, 0.1) is 11.3 Å². The molecule has 7 aromatic carbocycles. The predicted octanol–water partition coefficient (Wildman–Crippen LogP) is 9.32. The zero-order valence-electron chi connectivity index (χ0n) is 35.7. The number of fused-ring (bicyclic) bond motifs is 9. The summed E-state index contributed by atoms with van der Waals surface area (Å²) in [6.07, 6.45) is -0.143. The minimum absolute atomic E-state index is 0.0126. The van der Waals surface area contributed by atoms with Crippen LogP contribution in [-0.2, 0) is 9.59 Å². The van der Waals surface area contributed by atoms with E-state index in [1.54, 1.807) is 72.8 Å². The summed E-state index contributed by atoms with van der Waals surface area (Å²) in [5.74, 6) is -7.69. The maximum Gasteiger partial charge on any atom is 0.166 e. The van der Waals surface area contributed by atoms with Crippen molar-refractivity contribution in [2.75, 3.05) is 0 Å². The van der Waals surface area contributed by atoms with Crippen molar-refractivity contribution in [3.05, 3.63) is 201 Å². The summed E-state index contributed by atoms with van der Waals surface area (Å²) in [7, 11) is 0. The first kappa shape index (κ1) is 39.9. The normalized spacial score (nSPS) is 27.6. The summed E-state index contributed by atoms with van der Waals surface area (Å²) in [5.41, 5.74) is 4.33. The number of Topliss-reactive ketones (excluding diaryl/α,β-unsaturated/α-hetero) is 1. The molecule has 1 spiro atoms. The Morgan fingerprint density at radius 3 is 1.47 bits per heavy atom. The van der Waals surface area contributed by atoms with Crippen molar-refractivity contribution in [2.45, 2.75) is 47.7 Å². The largest absolute Gasteiger partial charge is 0.508 e. The van der Waals surface area contributed by atoms with Crippen LogP contribution in [0.1, 0.15) is 103 Å². The fourth-order valence-corrected chi connectivity index (χ4v) is 13.4. The van der Waals surface area contributed by atoms with E-state index in [1.807, 2.05) is 0 Å². The second kappa shape index (κ2) is 13.8. The summed E-state index contributed by atoms with van der Waals surface area (Å²) in [6.45, 7) is 0. The predicted molar refractivity (Wildman–Crippen MR) is 244 cm³/mol. The number of phenols is 8. The van der Waals surface area contributed by atoms with Gasteiger partial charge in [0.1, 0.15) is 69.7 Å². The summed E-state index contributed by atoms with van der Waals surface area (Å²) >= 11 is 0. The lowest BCUT2D eigenvalue weighted by molar-refractivity contribution is -0.135. The highest BCUT2D eigenvalue weighted by molar-refractivity contribution is 6.18. The monoisotopic (exact) mass is 904 g/mol. The molecule has 0 amide bonds. The van der Waals surface area contributed by atoms with Gasteiger partial charge < -0.3 is 50.3 Å². The maximum atomic E-state index is 16.7. The van der Waals surface area contributed by atoms with E-state index in [0.717, 1.165) is 0 Å². The molecule has 3 bridgehead atoms. The Labute approximate surface area is 387 Å². The van der Waals surface area contributed by atoms with Crippen LogP contribution < -0.4 is 9.47 Å². The fourth-order valence-electron chi connectivity index (χ4n) is 13.4. The first-order valence-electron chi connectivity index (χ1n) is 22.4. The molecule has 68 heavy (non-hydrogen) atoms. The summed E-state index contributed by atoms with van der Waals surface area (Å²) in [4.78, 5) is 32.0. The molecule has 10 unspecified atom stereocenters. The number of rotatable bonds is 5. The molecule has 4 aliphatic carbocycles. The van der Waals surface area contributed by atoms with Crippen LogP contribution >= 0.6 is 0 Å². The lowest BCUT2D eigenvalue weighted by Gasteiger charge is -2.52. The number of hydrogen-bond donors (Lipinski definition) is 8. The van der Waals surface area contributed by atoms with Gasteiger partial charge in [-0.15, -0.1) is 0 Å². The molecular formula is C56H40O12. The van der Waals surface area contributed by atoms with Gasteiger partial charge in [-0.25, -0.2) is 0 Å². The quantitative estimate of drug-likeness (QED) is 0.0759. The minimum Gasteiger partial charge on any atom is -0.508 e. The highest BCUT2D eigenvalue weighted by Gasteiger charge is 2.76. The third-order valence-corrected chi connectivity index (χ3v) is 15.6. The van der Waals surface area contributed by atoms with Crippen molar-refractivity contribution < 1.29 is 59.9 Å². The first-order chi connectivity index (χ1) is 32.8. The van der Waals surface area contributed by atoms with E-state index in [2.05, 4.69) is 0 Å². The van der Waals surface area contributed by atoms with Crippen LogP contribution in [0.2, 0.25) is 0 Å². The zero-order valence-corrected chi connectivity index (χ0v) is 35.7. The Hall–Kier alpha value is -8.38. The second-order valence-corrected chi connectivity index (χ2v) is 18.9. The number of carbonyl (C=O) groups is 2. The topological polar surface area (TPSA) is 214 Å². The molecule has 13 rings (SSSR count). The number of hydrogen-bond acceptors (Lipinski definition) is 12. The number of phenolic OH excluding ortho intramolecular Hbond substituents is 8. The molecule has 0 aromatic heterocycles. The lowest BCUT2D eigenvalue weighted by atomic mass is 9.48. The Kier molecular flexibility index (Phi) is 8.12. The molecule has 2 aliphatic heterocycles. The standard InChI is InChI=1S/C56H40O12/c57-29-9-1-24(2-10-29)42-48-38(64)22-37-46-44-36(20-35(63)21-40(44)67-54(46)27-7-15-32(60)16-8-27)45-47-39(65)23-41-49(50(47)52(42)56(37,55(48)66)51(45)25-3-11-30(58)12-4-25)43(28-17-33(61)19-34(62)18-28)53(68-41)26-5-13-31(59)14-6-26/h1-23,42-43,45-46,48,51-54,57-63,65H. The third kappa shape index (κ3) is 5.25. The number of allylic oxidation sites excluding steroid dienone is 1. The molecule has 8 N–H and O–H groups in total. The van der Waals surface area contributed by atoms with Gasteiger partial charge in [-0.2, -0.15) is 0 Å². The van der Waals surface area contributed by atoms with Gasteiger partial charge in [0.2, 0.25) is 0 Å². The molecule has 336 valence electrons. The number of ether oxygens (including phenoxy) is 2. The smallest absolute Gasteiger partial charge is 0.166 e. The zero-order chi connectivity index (χ0) is 46.7. The molecule has 0 radical (unpaired) electrons. The SMILES string of the molecule is O=C1C=C2C3c4c(cc(O)cc4C4c5c(O)cc6c(c5C5C(c7ccc(O)cc7)C1C(=O)C25C4c1ccc(O)cc1)C(c1cc(O)cc(O)c1)C(c1ccc(O)cc1)O6)OC3c1ccc(O)cc1. The van der Waals surface area contributed by atoms with E-state index in [-0.39, 0.29) is 57.5 Å². The molecule has 1 fully saturated rings. The van der Waals surface area contributed by atoms with E-state index >= 15 is 9.59 Å². The Balaban J connectivity index is 1.21. The van der Waals surface area contributed by atoms with Crippen LogP contribution in [0.5, 0.6) is 57.5 Å². The molecule has 12 nitrogen and oxygen atoms in total. The molecule has 2 heterocycles. The molecule has 0 saturated heterocycles. The number of aromatic hydroxyl groups is 8. The van der Waals surface area contributed by atoms with Crippen molar-refractivity contribution in [1.82, 2.24) is 0 Å². The van der Waals surface area contributed by atoms with Crippen molar-refractivity contribution in [3.63, 3.8) is 0 Å². The molecule has 10 atom stereocenters. The molecule has 12 heteroatoms. The van der Waals surface area contributed by atoms with Crippen molar-refractivity contribution in [2.24, 2.45) is 11.3 Å². The van der Waals surface area contributed by atoms with E-state index < -0.39 is 64.8 Å². The first-order valence-corrected chi connectivity index (χ1v) is 22.4. The van der Waals surface area contributed by atoms with Gasteiger partial charge in [-0.3, -0.25) is 9.59 Å². The molecule has 6 aliphatic rings. The Bertz CT molecular complexity index is 3340. The van der Waals surface area contributed by atoms with Crippen molar-refractivity contribution in [3.8, 4) is 57.5 Å². The van der Waals surface area contributed by atoms with Crippen LogP contribution in [0.25, 0.3) is 0 Å². The van der Waals surface area contributed by atoms with Gasteiger partial charge in [-0.1, -0.05) is 48.5 Å². The molecular weight excluding hydrogens is 865 g/mol. The fraction of sp³-hybridized carbons (Fsp3) is 0.179. The van der Waals surface area contributed by atoms with Crippen molar-refractivity contribution >= 4 is 11.6 Å². The van der Waals surface area contributed by atoms with E-state index in [4.69, 9.17) is 9.47 Å². The summed E-state index contributed by atoms with van der Waals surface area (Å²) < 4.78 is 13.8. The Morgan fingerprint density at radius 2 is 0.897 bits per heavy atom. The van der Waals surface area contributed by atoms with E-state index in [1.165, 1.54) is 66.7 Å². The Morgan fingerprint density at radius 1 is 0.397 bits per heavy atom. The van der Waals surface area contributed by atoms with Gasteiger partial charge in [0.05, 0.1) is 23.2 Å². The highest BCUT2D eigenvalue weighted by atomic mass is 16.5. The van der Waals surface area contributed by atoms with Crippen LogP contribution in [-0.4, -0.2) is 52.4 Å². The summed E-state index contributed by atoms with van der Waals surface area (Å²) in [5, 5.41) is 89.3. The van der Waals surface area contributed by atoms with Gasteiger partial charge in [0.25, 0.3) is 0 Å².